The lowest BCUT2D eigenvalue weighted by atomic mass is 9.53. The first-order valence-corrected chi connectivity index (χ1v) is 12.7. The molecule has 4 bridgehead atoms. The summed E-state index contributed by atoms with van der Waals surface area (Å²) in [7, 11) is 0. The van der Waals surface area contributed by atoms with Crippen molar-refractivity contribution in [3.63, 3.8) is 0 Å². The maximum Gasteiger partial charge on any atom is 0.224 e. The first-order chi connectivity index (χ1) is 15.5. The Labute approximate surface area is 193 Å². The highest BCUT2D eigenvalue weighted by molar-refractivity contribution is 5.79. The van der Waals surface area contributed by atoms with Gasteiger partial charge in [-0.2, -0.15) is 0 Å². The molecular weight excluding hydrogens is 392 g/mol. The van der Waals surface area contributed by atoms with Crippen LogP contribution in [0.5, 0.6) is 0 Å². The summed E-state index contributed by atoms with van der Waals surface area (Å²) in [5.74, 6) is 2.79. The number of carbonyl (C=O) groups is 1. The van der Waals surface area contributed by atoms with Gasteiger partial charge in [0.1, 0.15) is 0 Å². The van der Waals surface area contributed by atoms with E-state index >= 15 is 0 Å². The van der Waals surface area contributed by atoms with E-state index in [1.54, 1.807) is 0 Å². The Balaban J connectivity index is 1.16. The molecule has 0 aromatic heterocycles. The first-order valence-electron chi connectivity index (χ1n) is 12.7. The quantitative estimate of drug-likeness (QED) is 0.573. The van der Waals surface area contributed by atoms with Gasteiger partial charge in [-0.15, -0.1) is 0 Å². The van der Waals surface area contributed by atoms with Crippen LogP contribution in [-0.2, 0) is 17.6 Å². The summed E-state index contributed by atoms with van der Waals surface area (Å²) in [5, 5.41) is 7.24. The van der Waals surface area contributed by atoms with Crippen LogP contribution in [0.15, 0.2) is 54.6 Å². The van der Waals surface area contributed by atoms with Crippen LogP contribution in [0, 0.1) is 17.8 Å². The third kappa shape index (κ3) is 4.93. The van der Waals surface area contributed by atoms with Gasteiger partial charge in [-0.1, -0.05) is 54.6 Å². The van der Waals surface area contributed by atoms with Gasteiger partial charge in [0, 0.05) is 17.6 Å². The van der Waals surface area contributed by atoms with Gasteiger partial charge in [0.2, 0.25) is 5.91 Å². The second kappa shape index (κ2) is 9.02. The lowest BCUT2D eigenvalue weighted by Gasteiger charge is -2.56. The third-order valence-electron chi connectivity index (χ3n) is 8.17. The molecule has 2 unspecified atom stereocenters. The number of hydrogen-bond acceptors (Lipinski definition) is 2. The Morgan fingerprint density at radius 1 is 0.906 bits per heavy atom. The fourth-order valence-electron chi connectivity index (χ4n) is 7.33. The average molecular weight is 431 g/mol. The molecular formula is C29H38N2O. The molecule has 4 fully saturated rings. The summed E-state index contributed by atoms with van der Waals surface area (Å²) >= 11 is 0. The lowest BCUT2D eigenvalue weighted by Crippen LogP contribution is -2.60. The molecule has 3 nitrogen and oxygen atoms in total. The van der Waals surface area contributed by atoms with E-state index in [0.29, 0.717) is 18.5 Å². The van der Waals surface area contributed by atoms with Crippen molar-refractivity contribution in [2.24, 2.45) is 17.8 Å². The molecule has 0 aliphatic heterocycles. The monoisotopic (exact) mass is 430 g/mol. The summed E-state index contributed by atoms with van der Waals surface area (Å²) in [6, 6.07) is 19.9. The van der Waals surface area contributed by atoms with Crippen molar-refractivity contribution in [3.05, 3.63) is 71.3 Å². The Kier molecular flexibility index (Phi) is 6.11. The highest BCUT2D eigenvalue weighted by atomic mass is 16.1. The fraction of sp³-hybridized carbons (Fsp3) is 0.552. The normalized spacial score (nSPS) is 30.1. The van der Waals surface area contributed by atoms with Gasteiger partial charge in [-0.05, 0) is 93.2 Å². The number of hydrogen-bond donors (Lipinski definition) is 2. The summed E-state index contributed by atoms with van der Waals surface area (Å²) in [6.07, 6.45) is 9.33. The number of carbonyl (C=O) groups excluding carboxylic acids is 1. The van der Waals surface area contributed by atoms with E-state index < -0.39 is 0 Å². The number of benzene rings is 2. The SMILES string of the molecule is CC(Cc1cccc(CC(=O)NC23CC4CC(CC(C4)C2)C3)c1)NC(C)c1ccccc1. The number of amides is 1. The zero-order valence-electron chi connectivity index (χ0n) is 19.6. The van der Waals surface area contributed by atoms with Crippen molar-refractivity contribution in [2.45, 2.75) is 82.8 Å². The van der Waals surface area contributed by atoms with E-state index in [-0.39, 0.29) is 11.4 Å². The van der Waals surface area contributed by atoms with Crippen LogP contribution in [0.3, 0.4) is 0 Å². The highest BCUT2D eigenvalue weighted by Gasteiger charge is 2.51. The van der Waals surface area contributed by atoms with Crippen LogP contribution in [-0.4, -0.2) is 17.5 Å². The Hall–Kier alpha value is -2.13. The van der Waals surface area contributed by atoms with Gasteiger partial charge in [0.15, 0.2) is 0 Å². The van der Waals surface area contributed by atoms with Crippen LogP contribution >= 0.6 is 0 Å². The molecule has 0 spiro atoms. The molecule has 1 amide bonds. The molecule has 0 heterocycles. The molecule has 170 valence electrons. The van der Waals surface area contributed by atoms with Crippen molar-refractivity contribution < 1.29 is 4.79 Å². The van der Waals surface area contributed by atoms with E-state index in [1.165, 1.54) is 49.7 Å². The van der Waals surface area contributed by atoms with Gasteiger partial charge in [-0.3, -0.25) is 4.79 Å². The predicted octanol–water partition coefficient (Wildman–Crippen LogP) is 5.60. The third-order valence-corrected chi connectivity index (χ3v) is 8.17. The second-order valence-corrected chi connectivity index (χ2v) is 11.1. The predicted molar refractivity (Wildman–Crippen MR) is 130 cm³/mol. The Morgan fingerprint density at radius 2 is 1.53 bits per heavy atom. The molecule has 2 aromatic carbocycles. The molecule has 4 aliphatic rings. The van der Waals surface area contributed by atoms with Gasteiger partial charge in [0.25, 0.3) is 0 Å². The lowest BCUT2D eigenvalue weighted by molar-refractivity contribution is -0.126. The summed E-state index contributed by atoms with van der Waals surface area (Å²) in [4.78, 5) is 13.0. The average Bonchev–Trinajstić information content (AvgIpc) is 2.73. The van der Waals surface area contributed by atoms with Crippen molar-refractivity contribution in [3.8, 4) is 0 Å². The number of nitrogens with one attached hydrogen (secondary N) is 2. The first kappa shape index (κ1) is 21.7. The maximum atomic E-state index is 13.0. The number of rotatable bonds is 8. The van der Waals surface area contributed by atoms with Crippen molar-refractivity contribution in [1.29, 1.82) is 0 Å². The van der Waals surface area contributed by atoms with Crippen molar-refractivity contribution in [1.82, 2.24) is 10.6 Å². The van der Waals surface area contributed by atoms with Crippen LogP contribution < -0.4 is 10.6 Å². The Morgan fingerprint density at radius 3 is 2.19 bits per heavy atom. The molecule has 32 heavy (non-hydrogen) atoms. The fourth-order valence-corrected chi connectivity index (χ4v) is 7.33. The van der Waals surface area contributed by atoms with Crippen molar-refractivity contribution >= 4 is 5.91 Å². The molecule has 4 saturated carbocycles. The van der Waals surface area contributed by atoms with Gasteiger partial charge >= 0.3 is 0 Å². The molecule has 2 N–H and O–H groups in total. The van der Waals surface area contributed by atoms with E-state index in [2.05, 4.69) is 79.1 Å². The standard InChI is InChI=1S/C29H38N2O/c1-20(30-21(2)27-9-4-3-5-10-27)11-22-7-6-8-23(12-22)16-28(32)31-29-17-24-13-25(18-29)15-26(14-24)19-29/h3-10,12,20-21,24-26,30H,11,13-19H2,1-2H3,(H,31,32). The van der Waals surface area contributed by atoms with Crippen LogP contribution in [0.2, 0.25) is 0 Å². The highest BCUT2D eigenvalue weighted by Crippen LogP contribution is 2.55. The van der Waals surface area contributed by atoms with E-state index in [9.17, 15) is 4.79 Å². The molecule has 2 aromatic rings. The minimum absolute atomic E-state index is 0.107. The van der Waals surface area contributed by atoms with Gasteiger partial charge in [-0.25, -0.2) is 0 Å². The molecule has 0 saturated heterocycles. The zero-order valence-corrected chi connectivity index (χ0v) is 19.6. The smallest absolute Gasteiger partial charge is 0.224 e. The summed E-state index contributed by atoms with van der Waals surface area (Å²) in [5.41, 5.74) is 3.85. The zero-order chi connectivity index (χ0) is 22.1. The topological polar surface area (TPSA) is 41.1 Å². The second-order valence-electron chi connectivity index (χ2n) is 11.1. The maximum absolute atomic E-state index is 13.0. The van der Waals surface area contributed by atoms with Gasteiger partial charge < -0.3 is 10.6 Å². The molecule has 6 rings (SSSR count). The minimum atomic E-state index is 0.107. The molecule has 0 radical (unpaired) electrons. The summed E-state index contributed by atoms with van der Waals surface area (Å²) < 4.78 is 0. The van der Waals surface area contributed by atoms with Crippen molar-refractivity contribution in [2.75, 3.05) is 0 Å². The largest absolute Gasteiger partial charge is 0.350 e. The molecule has 4 aliphatic carbocycles. The Bertz CT molecular complexity index is 902. The van der Waals surface area contributed by atoms with Crippen LogP contribution in [0.1, 0.15) is 75.1 Å². The minimum Gasteiger partial charge on any atom is -0.350 e. The van der Waals surface area contributed by atoms with E-state index in [0.717, 1.165) is 29.7 Å². The van der Waals surface area contributed by atoms with Gasteiger partial charge in [0.05, 0.1) is 6.42 Å². The molecule has 3 heteroatoms. The molecule has 2 atom stereocenters. The summed E-state index contributed by atoms with van der Waals surface area (Å²) in [6.45, 7) is 4.46. The van der Waals surface area contributed by atoms with Crippen LogP contribution in [0.25, 0.3) is 0 Å². The van der Waals surface area contributed by atoms with E-state index in [1.807, 2.05) is 0 Å². The van der Waals surface area contributed by atoms with E-state index in [4.69, 9.17) is 0 Å². The van der Waals surface area contributed by atoms with Crippen LogP contribution in [0.4, 0.5) is 0 Å².